The highest BCUT2D eigenvalue weighted by molar-refractivity contribution is 9.10. The molecule has 1 heterocycles. The van der Waals surface area contributed by atoms with Crippen molar-refractivity contribution in [1.82, 2.24) is 4.98 Å². The lowest BCUT2D eigenvalue weighted by atomic mass is 10.2. The van der Waals surface area contributed by atoms with Crippen LogP contribution >= 0.6 is 27.5 Å². The molecule has 1 aromatic carbocycles. The average Bonchev–Trinajstić information content (AvgIpc) is 2.28. The number of aromatic nitrogens is 1. The van der Waals surface area contributed by atoms with Gasteiger partial charge in [-0.05, 0) is 39.7 Å². The van der Waals surface area contributed by atoms with E-state index in [0.717, 1.165) is 15.9 Å². The molecule has 0 aliphatic heterocycles. The van der Waals surface area contributed by atoms with Gasteiger partial charge in [-0.1, -0.05) is 23.7 Å². The molecule has 2 nitrogen and oxygen atoms in total. The van der Waals surface area contributed by atoms with Crippen LogP contribution < -0.4 is 4.90 Å². The number of rotatable bonds is 3. The van der Waals surface area contributed by atoms with E-state index in [1.165, 1.54) is 12.1 Å². The Morgan fingerprint density at radius 2 is 2.17 bits per heavy atom. The number of pyridine rings is 1. The van der Waals surface area contributed by atoms with Crippen LogP contribution in [0.3, 0.4) is 0 Å². The SMILES string of the molecule is CN(Cc1cccc(F)c1)c1ncc(Cl)cc1Br. The molecule has 0 fully saturated rings. The van der Waals surface area contributed by atoms with Gasteiger partial charge in [0, 0.05) is 19.8 Å². The molecule has 2 rings (SSSR count). The molecule has 0 atom stereocenters. The maximum absolute atomic E-state index is 13.1. The molecule has 5 heteroatoms. The minimum atomic E-state index is -0.232. The normalized spacial score (nSPS) is 10.4. The highest BCUT2D eigenvalue weighted by Crippen LogP contribution is 2.26. The van der Waals surface area contributed by atoms with Crippen LogP contribution in [0.25, 0.3) is 0 Å². The molecule has 0 radical (unpaired) electrons. The van der Waals surface area contributed by atoms with Crippen LogP contribution in [-0.2, 0) is 6.54 Å². The Morgan fingerprint density at radius 3 is 2.83 bits per heavy atom. The van der Waals surface area contributed by atoms with Crippen molar-refractivity contribution in [3.63, 3.8) is 0 Å². The van der Waals surface area contributed by atoms with E-state index in [1.54, 1.807) is 18.3 Å². The minimum Gasteiger partial charge on any atom is -0.354 e. The van der Waals surface area contributed by atoms with Gasteiger partial charge < -0.3 is 4.90 Å². The van der Waals surface area contributed by atoms with Crippen molar-refractivity contribution in [2.75, 3.05) is 11.9 Å². The summed E-state index contributed by atoms with van der Waals surface area (Å²) in [6.07, 6.45) is 1.59. The van der Waals surface area contributed by atoms with E-state index in [-0.39, 0.29) is 5.82 Å². The molecule has 18 heavy (non-hydrogen) atoms. The molecule has 0 amide bonds. The summed E-state index contributed by atoms with van der Waals surface area (Å²) in [7, 11) is 1.89. The third kappa shape index (κ3) is 3.21. The molecule has 0 unspecified atom stereocenters. The van der Waals surface area contributed by atoms with Crippen LogP contribution in [0, 0.1) is 5.82 Å². The summed E-state index contributed by atoms with van der Waals surface area (Å²) in [5, 5.41) is 0.574. The van der Waals surface area contributed by atoms with Crippen molar-refractivity contribution >= 4 is 33.3 Å². The van der Waals surface area contributed by atoms with Crippen molar-refractivity contribution in [2.24, 2.45) is 0 Å². The summed E-state index contributed by atoms with van der Waals surface area (Å²) in [5.74, 6) is 0.535. The zero-order valence-electron chi connectivity index (χ0n) is 9.70. The molecule has 0 saturated heterocycles. The molecule has 0 N–H and O–H groups in total. The molecule has 0 bridgehead atoms. The largest absolute Gasteiger partial charge is 0.354 e. The van der Waals surface area contributed by atoms with E-state index in [9.17, 15) is 4.39 Å². The van der Waals surface area contributed by atoms with Crippen LogP contribution in [0.4, 0.5) is 10.2 Å². The Kier molecular flexibility index (Phi) is 4.19. The lowest BCUT2D eigenvalue weighted by Gasteiger charge is -2.19. The van der Waals surface area contributed by atoms with Gasteiger partial charge >= 0.3 is 0 Å². The van der Waals surface area contributed by atoms with E-state index in [0.29, 0.717) is 11.6 Å². The van der Waals surface area contributed by atoms with Gasteiger partial charge in [0.25, 0.3) is 0 Å². The van der Waals surface area contributed by atoms with Gasteiger partial charge in [-0.15, -0.1) is 0 Å². The quantitative estimate of drug-likeness (QED) is 0.836. The van der Waals surface area contributed by atoms with E-state index in [4.69, 9.17) is 11.6 Å². The van der Waals surface area contributed by atoms with Crippen molar-refractivity contribution in [3.05, 3.63) is 57.4 Å². The predicted molar refractivity (Wildman–Crippen MR) is 75.5 cm³/mol. The number of anilines is 1. The maximum atomic E-state index is 13.1. The Bertz CT molecular complexity index is 562. The van der Waals surface area contributed by atoms with Gasteiger partial charge in [0.15, 0.2) is 0 Å². The first-order chi connectivity index (χ1) is 8.56. The fourth-order valence-corrected chi connectivity index (χ4v) is 2.61. The molecule has 0 spiro atoms. The van der Waals surface area contributed by atoms with E-state index in [2.05, 4.69) is 20.9 Å². The second-order valence-electron chi connectivity index (χ2n) is 3.94. The standard InChI is InChI=1S/C13H11BrClFN2/c1-18(8-9-3-2-4-11(16)5-9)13-12(14)6-10(15)7-17-13/h2-7H,8H2,1H3. The van der Waals surface area contributed by atoms with E-state index >= 15 is 0 Å². The summed E-state index contributed by atoms with van der Waals surface area (Å²) in [6.45, 7) is 0.574. The molecule has 94 valence electrons. The van der Waals surface area contributed by atoms with Crippen molar-refractivity contribution in [1.29, 1.82) is 0 Å². The van der Waals surface area contributed by atoms with Crippen LogP contribution in [-0.4, -0.2) is 12.0 Å². The number of benzene rings is 1. The third-order valence-electron chi connectivity index (χ3n) is 2.46. The van der Waals surface area contributed by atoms with Crippen molar-refractivity contribution in [2.45, 2.75) is 6.54 Å². The Balaban J connectivity index is 2.19. The summed E-state index contributed by atoms with van der Waals surface area (Å²) in [5.41, 5.74) is 0.890. The maximum Gasteiger partial charge on any atom is 0.143 e. The number of nitrogens with zero attached hydrogens (tertiary/aromatic N) is 2. The van der Waals surface area contributed by atoms with Crippen LogP contribution in [0.15, 0.2) is 41.0 Å². The highest BCUT2D eigenvalue weighted by Gasteiger charge is 2.09. The lowest BCUT2D eigenvalue weighted by molar-refractivity contribution is 0.625. The topological polar surface area (TPSA) is 16.1 Å². The van der Waals surface area contributed by atoms with Gasteiger partial charge in [0.2, 0.25) is 0 Å². The second-order valence-corrected chi connectivity index (χ2v) is 5.24. The summed E-state index contributed by atoms with van der Waals surface area (Å²) in [6, 6.07) is 8.30. The number of hydrogen-bond acceptors (Lipinski definition) is 2. The fraction of sp³-hybridized carbons (Fsp3) is 0.154. The zero-order valence-corrected chi connectivity index (χ0v) is 12.0. The smallest absolute Gasteiger partial charge is 0.143 e. The minimum absolute atomic E-state index is 0.232. The molecule has 0 aliphatic carbocycles. The van der Waals surface area contributed by atoms with Crippen molar-refractivity contribution < 1.29 is 4.39 Å². The predicted octanol–water partition coefficient (Wildman–Crippen LogP) is 4.27. The van der Waals surface area contributed by atoms with Gasteiger partial charge in [-0.25, -0.2) is 9.37 Å². The molecule has 1 aromatic heterocycles. The van der Waals surface area contributed by atoms with Gasteiger partial charge in [-0.2, -0.15) is 0 Å². The molecular weight excluding hydrogens is 319 g/mol. The molecule has 0 aliphatic rings. The van der Waals surface area contributed by atoms with E-state index < -0.39 is 0 Å². The molecular formula is C13H11BrClFN2. The Hall–Kier alpha value is -1.13. The Morgan fingerprint density at radius 1 is 1.39 bits per heavy atom. The average molecular weight is 330 g/mol. The first kappa shape index (κ1) is 13.3. The zero-order chi connectivity index (χ0) is 13.1. The van der Waals surface area contributed by atoms with Crippen LogP contribution in [0.5, 0.6) is 0 Å². The monoisotopic (exact) mass is 328 g/mol. The van der Waals surface area contributed by atoms with Gasteiger partial charge in [0.05, 0.1) is 9.50 Å². The lowest BCUT2D eigenvalue weighted by Crippen LogP contribution is -2.18. The summed E-state index contributed by atoms with van der Waals surface area (Å²) < 4.78 is 13.9. The first-order valence-electron chi connectivity index (χ1n) is 5.33. The van der Waals surface area contributed by atoms with Crippen molar-refractivity contribution in [3.8, 4) is 0 Å². The molecule has 0 saturated carbocycles. The summed E-state index contributed by atoms with van der Waals surface area (Å²) in [4.78, 5) is 6.18. The fourth-order valence-electron chi connectivity index (χ4n) is 1.67. The van der Waals surface area contributed by atoms with E-state index in [1.807, 2.05) is 18.0 Å². The Labute approximate surface area is 119 Å². The first-order valence-corrected chi connectivity index (χ1v) is 6.50. The second kappa shape index (κ2) is 5.67. The van der Waals surface area contributed by atoms with Gasteiger partial charge in [0.1, 0.15) is 11.6 Å². The number of hydrogen-bond donors (Lipinski definition) is 0. The van der Waals surface area contributed by atoms with Gasteiger partial charge in [-0.3, -0.25) is 0 Å². The molecule has 2 aromatic rings. The number of halogens is 3. The van der Waals surface area contributed by atoms with Crippen LogP contribution in [0.1, 0.15) is 5.56 Å². The van der Waals surface area contributed by atoms with Crippen LogP contribution in [0.2, 0.25) is 5.02 Å². The summed E-state index contributed by atoms with van der Waals surface area (Å²) >= 11 is 9.25. The highest BCUT2D eigenvalue weighted by atomic mass is 79.9. The third-order valence-corrected chi connectivity index (χ3v) is 3.25.